The minimum atomic E-state index is 0.0517. The van der Waals surface area contributed by atoms with Crippen molar-refractivity contribution in [2.24, 2.45) is 0 Å². The minimum absolute atomic E-state index is 0.0517. The second kappa shape index (κ2) is 16.4. The zero-order valence-electron chi connectivity index (χ0n) is 28.0. The van der Waals surface area contributed by atoms with Gasteiger partial charge in [0.25, 0.3) is 0 Å². The highest BCUT2D eigenvalue weighted by atomic mass is 79.9. The monoisotopic (exact) mass is 794 g/mol. The van der Waals surface area contributed by atoms with E-state index in [1.165, 1.54) is 0 Å². The van der Waals surface area contributed by atoms with Crippen molar-refractivity contribution >= 4 is 49.8 Å². The van der Waals surface area contributed by atoms with Gasteiger partial charge in [-0.25, -0.2) is 0 Å². The van der Waals surface area contributed by atoms with Gasteiger partial charge in [-0.05, 0) is 96.7 Å². The molecule has 252 valence electrons. The summed E-state index contributed by atoms with van der Waals surface area (Å²) < 4.78 is 14.8. The standard InChI is InChI=1S/C46H36Br2O3/c47-42-40(34-18-9-3-10-19-34)26-24-38(45(42)50-30-32-14-5-1-6-15-32)28-36-22-13-23-37(44(36)49)29-39-25-27-41(35-20-11-4-12-21-35)43(48)46(39)51-31-33-16-7-2-8-17-33/h1-12,14-21,24-29H,13,22-23,30-31H2/b36-28+,37-29+. The smallest absolute Gasteiger partial charge is 0.185 e. The lowest BCUT2D eigenvalue weighted by Gasteiger charge is -2.20. The number of Topliss-reactive ketones (excluding diaryl/α,β-unsaturated/α-hetero) is 1. The fraction of sp³-hybridized carbons (Fsp3) is 0.109. The molecule has 1 aliphatic carbocycles. The number of hydrogen-bond acceptors (Lipinski definition) is 3. The second-order valence-electron chi connectivity index (χ2n) is 12.5. The van der Waals surface area contributed by atoms with E-state index in [0.717, 1.165) is 71.0 Å². The Morgan fingerprint density at radius 1 is 0.490 bits per heavy atom. The predicted octanol–water partition coefficient (Wildman–Crippen LogP) is 12.9. The summed E-state index contributed by atoms with van der Waals surface area (Å²) in [5, 5.41) is 0. The van der Waals surface area contributed by atoms with Gasteiger partial charge in [0.1, 0.15) is 24.7 Å². The molecule has 1 saturated carbocycles. The highest BCUT2D eigenvalue weighted by Crippen LogP contribution is 2.42. The van der Waals surface area contributed by atoms with Crippen LogP contribution in [0.5, 0.6) is 11.5 Å². The average molecular weight is 797 g/mol. The van der Waals surface area contributed by atoms with Gasteiger partial charge in [-0.3, -0.25) is 4.79 Å². The Kier molecular flexibility index (Phi) is 11.1. The number of allylic oxidation sites excluding steroid dienone is 2. The summed E-state index contributed by atoms with van der Waals surface area (Å²) in [7, 11) is 0. The van der Waals surface area contributed by atoms with Gasteiger partial charge in [0, 0.05) is 22.3 Å². The molecule has 0 atom stereocenters. The SMILES string of the molecule is O=C1/C(=C/c2ccc(-c3ccccc3)c(Br)c2OCc2ccccc2)CCC/C1=C\c1ccc(-c2ccccc2)c(Br)c1OCc1ccccc1. The molecule has 0 amide bonds. The molecule has 0 N–H and O–H groups in total. The number of benzene rings is 6. The van der Waals surface area contributed by atoms with Gasteiger partial charge < -0.3 is 9.47 Å². The predicted molar refractivity (Wildman–Crippen MR) is 216 cm³/mol. The Labute approximate surface area is 316 Å². The minimum Gasteiger partial charge on any atom is -0.487 e. The first-order valence-corrected chi connectivity index (χ1v) is 18.7. The molecule has 3 nitrogen and oxygen atoms in total. The molecule has 1 fully saturated rings. The fourth-order valence-corrected chi connectivity index (χ4v) is 7.77. The van der Waals surface area contributed by atoms with Gasteiger partial charge in [0.15, 0.2) is 5.78 Å². The highest BCUT2D eigenvalue weighted by molar-refractivity contribution is 9.11. The van der Waals surface area contributed by atoms with Gasteiger partial charge in [0.05, 0.1) is 8.95 Å². The number of carbonyl (C=O) groups is 1. The van der Waals surface area contributed by atoms with Crippen molar-refractivity contribution in [2.45, 2.75) is 32.5 Å². The lowest BCUT2D eigenvalue weighted by molar-refractivity contribution is -0.112. The Morgan fingerprint density at radius 2 is 0.863 bits per heavy atom. The molecule has 51 heavy (non-hydrogen) atoms. The molecular weight excluding hydrogens is 760 g/mol. The molecule has 0 saturated heterocycles. The summed E-state index contributed by atoms with van der Waals surface area (Å²) in [6.45, 7) is 0.819. The van der Waals surface area contributed by atoms with E-state index in [4.69, 9.17) is 9.47 Å². The van der Waals surface area contributed by atoms with Crippen LogP contribution in [0.15, 0.2) is 166 Å². The summed E-state index contributed by atoms with van der Waals surface area (Å²) in [5.41, 5.74) is 9.64. The van der Waals surface area contributed by atoms with E-state index < -0.39 is 0 Å². The van der Waals surface area contributed by atoms with Crippen molar-refractivity contribution in [3.05, 3.63) is 188 Å². The zero-order chi connectivity index (χ0) is 35.0. The van der Waals surface area contributed by atoms with Gasteiger partial charge in [-0.1, -0.05) is 146 Å². The number of halogens is 2. The summed E-state index contributed by atoms with van der Waals surface area (Å²) in [6, 6.07) is 49.0. The topological polar surface area (TPSA) is 35.5 Å². The molecule has 1 aliphatic rings. The van der Waals surface area contributed by atoms with E-state index in [1.54, 1.807) is 0 Å². The molecule has 0 aliphatic heterocycles. The second-order valence-corrected chi connectivity index (χ2v) is 14.1. The molecule has 6 aromatic rings. The number of rotatable bonds is 10. The number of hydrogen-bond donors (Lipinski definition) is 0. The van der Waals surface area contributed by atoms with Crippen LogP contribution in [0, 0.1) is 0 Å². The van der Waals surface area contributed by atoms with Crippen LogP contribution >= 0.6 is 31.9 Å². The van der Waals surface area contributed by atoms with Crippen molar-refractivity contribution in [2.75, 3.05) is 0 Å². The first-order chi connectivity index (χ1) is 25.0. The number of ketones is 1. The van der Waals surface area contributed by atoms with Crippen molar-refractivity contribution < 1.29 is 14.3 Å². The lowest BCUT2D eigenvalue weighted by atomic mass is 9.86. The summed E-state index contributed by atoms with van der Waals surface area (Å²) in [4.78, 5) is 14.2. The van der Waals surface area contributed by atoms with Crippen LogP contribution in [0.25, 0.3) is 34.4 Å². The molecule has 0 unspecified atom stereocenters. The molecule has 0 heterocycles. The van der Waals surface area contributed by atoms with Crippen LogP contribution in [0.2, 0.25) is 0 Å². The molecule has 6 aromatic carbocycles. The van der Waals surface area contributed by atoms with Crippen LogP contribution in [0.4, 0.5) is 0 Å². The molecule has 0 aromatic heterocycles. The molecule has 0 radical (unpaired) electrons. The third kappa shape index (κ3) is 8.17. The van der Waals surface area contributed by atoms with Gasteiger partial charge in [0.2, 0.25) is 0 Å². The Balaban J connectivity index is 1.24. The van der Waals surface area contributed by atoms with Crippen LogP contribution in [-0.2, 0) is 18.0 Å². The largest absolute Gasteiger partial charge is 0.487 e. The zero-order valence-corrected chi connectivity index (χ0v) is 31.2. The third-order valence-corrected chi connectivity index (χ3v) is 10.6. The molecule has 0 bridgehead atoms. The van der Waals surface area contributed by atoms with E-state index in [2.05, 4.69) is 105 Å². The number of carbonyl (C=O) groups excluding carboxylic acids is 1. The van der Waals surface area contributed by atoms with Gasteiger partial charge >= 0.3 is 0 Å². The maximum Gasteiger partial charge on any atom is 0.185 e. The maximum absolute atomic E-state index is 14.2. The highest BCUT2D eigenvalue weighted by Gasteiger charge is 2.24. The van der Waals surface area contributed by atoms with E-state index in [9.17, 15) is 4.79 Å². The van der Waals surface area contributed by atoms with Crippen molar-refractivity contribution in [3.8, 4) is 33.8 Å². The molecule has 5 heteroatoms. The quantitative estimate of drug-likeness (QED) is 0.130. The van der Waals surface area contributed by atoms with Crippen molar-refractivity contribution in [3.63, 3.8) is 0 Å². The summed E-state index contributed by atoms with van der Waals surface area (Å²) in [5.74, 6) is 1.48. The number of ether oxygens (including phenoxy) is 2. The molecule has 0 spiro atoms. The van der Waals surface area contributed by atoms with Crippen LogP contribution < -0.4 is 9.47 Å². The van der Waals surface area contributed by atoms with Gasteiger partial charge in [-0.15, -0.1) is 0 Å². The lowest BCUT2D eigenvalue weighted by Crippen LogP contribution is -2.12. The fourth-order valence-electron chi connectivity index (χ4n) is 6.36. The van der Waals surface area contributed by atoms with Crippen molar-refractivity contribution in [1.29, 1.82) is 0 Å². The van der Waals surface area contributed by atoms with E-state index in [0.29, 0.717) is 37.6 Å². The van der Waals surface area contributed by atoms with E-state index in [-0.39, 0.29) is 5.78 Å². The van der Waals surface area contributed by atoms with Crippen LogP contribution in [0.3, 0.4) is 0 Å². The van der Waals surface area contributed by atoms with Crippen LogP contribution in [0.1, 0.15) is 41.5 Å². The van der Waals surface area contributed by atoms with Gasteiger partial charge in [-0.2, -0.15) is 0 Å². The molecular formula is C46H36Br2O3. The Hall–Kier alpha value is -4.97. The summed E-state index contributed by atoms with van der Waals surface area (Å²) >= 11 is 7.76. The normalized spacial score (nSPS) is 14.5. The maximum atomic E-state index is 14.2. The molecule has 7 rings (SSSR count). The Morgan fingerprint density at radius 3 is 1.25 bits per heavy atom. The Bertz CT molecular complexity index is 2040. The van der Waals surface area contributed by atoms with Crippen molar-refractivity contribution in [1.82, 2.24) is 0 Å². The first-order valence-electron chi connectivity index (χ1n) is 17.1. The van der Waals surface area contributed by atoms with E-state index >= 15 is 0 Å². The summed E-state index contributed by atoms with van der Waals surface area (Å²) in [6.07, 6.45) is 6.28. The van der Waals surface area contributed by atoms with E-state index in [1.807, 2.05) is 84.9 Å². The third-order valence-electron chi connectivity index (χ3n) is 9.01. The first kappa shape index (κ1) is 34.5. The average Bonchev–Trinajstić information content (AvgIpc) is 3.17. The van der Waals surface area contributed by atoms with Crippen LogP contribution in [-0.4, -0.2) is 5.78 Å².